The van der Waals surface area contributed by atoms with Crippen LogP contribution in [0.1, 0.15) is 32.4 Å². The topological polar surface area (TPSA) is 55.7 Å². The van der Waals surface area contributed by atoms with Crippen LogP contribution in [0, 0.1) is 0 Å². The molecule has 0 radical (unpaired) electrons. The lowest BCUT2D eigenvalue weighted by atomic mass is 10.1. The summed E-state index contributed by atoms with van der Waals surface area (Å²) in [6, 6.07) is 5.30. The Morgan fingerprint density at radius 3 is 2.44 bits per heavy atom. The van der Waals surface area contributed by atoms with Crippen molar-refractivity contribution < 1.29 is 10.2 Å². The Hall–Kier alpha value is -1.26. The highest BCUT2D eigenvalue weighted by atomic mass is 16.3. The first kappa shape index (κ1) is 14.8. The van der Waals surface area contributed by atoms with Crippen LogP contribution in [-0.4, -0.2) is 41.3 Å². The number of aromatic hydroxyl groups is 2. The molecule has 1 rings (SSSR count). The first-order chi connectivity index (χ1) is 8.41. The highest BCUT2D eigenvalue weighted by Crippen LogP contribution is 2.27. The quantitative estimate of drug-likeness (QED) is 0.725. The fourth-order valence-electron chi connectivity index (χ4n) is 1.72. The molecular formula is C14H24N2O2. The van der Waals surface area contributed by atoms with Gasteiger partial charge in [-0.05, 0) is 33.9 Å². The van der Waals surface area contributed by atoms with Crippen molar-refractivity contribution in [3.05, 3.63) is 23.8 Å². The van der Waals surface area contributed by atoms with Crippen LogP contribution in [0.4, 0.5) is 0 Å². The molecule has 0 saturated carbocycles. The monoisotopic (exact) mass is 252 g/mol. The normalized spacial score (nSPS) is 13.2. The van der Waals surface area contributed by atoms with Crippen LogP contribution in [-0.2, 0) is 0 Å². The Bertz CT molecular complexity index is 380. The molecule has 0 saturated heterocycles. The molecule has 0 aliphatic heterocycles. The summed E-state index contributed by atoms with van der Waals surface area (Å²) in [6.07, 6.45) is 0. The zero-order chi connectivity index (χ0) is 13.7. The number of phenols is 2. The molecule has 18 heavy (non-hydrogen) atoms. The molecule has 0 fully saturated rings. The number of likely N-dealkylation sites (N-methyl/N-ethyl adjacent to an activating group) is 1. The Morgan fingerprint density at radius 2 is 1.89 bits per heavy atom. The molecule has 0 aliphatic rings. The van der Waals surface area contributed by atoms with Crippen molar-refractivity contribution in [2.24, 2.45) is 0 Å². The molecule has 0 aliphatic carbocycles. The van der Waals surface area contributed by atoms with Gasteiger partial charge in [-0.2, -0.15) is 0 Å². The maximum atomic E-state index is 9.75. The maximum absolute atomic E-state index is 9.75. The van der Waals surface area contributed by atoms with Crippen LogP contribution in [0.25, 0.3) is 0 Å². The van der Waals surface area contributed by atoms with E-state index in [-0.39, 0.29) is 17.5 Å². The SMILES string of the molecule is CC(NCCN(C)C(C)C)c1ccc(O)cc1O. The summed E-state index contributed by atoms with van der Waals surface area (Å²) in [4.78, 5) is 2.26. The number of rotatable bonds is 6. The molecule has 1 aromatic rings. The number of hydrogen-bond acceptors (Lipinski definition) is 4. The second-order valence-electron chi connectivity index (χ2n) is 4.99. The Kier molecular flexibility index (Phi) is 5.44. The standard InChI is InChI=1S/C14H24N2O2/c1-10(2)16(4)8-7-15-11(3)13-6-5-12(17)9-14(13)18/h5-6,9-11,15,17-18H,7-8H2,1-4H3. The summed E-state index contributed by atoms with van der Waals surface area (Å²) >= 11 is 0. The molecule has 4 nitrogen and oxygen atoms in total. The Morgan fingerprint density at radius 1 is 1.22 bits per heavy atom. The summed E-state index contributed by atoms with van der Waals surface area (Å²) in [5.41, 5.74) is 0.806. The van der Waals surface area contributed by atoms with Gasteiger partial charge in [0.25, 0.3) is 0 Å². The summed E-state index contributed by atoms with van der Waals surface area (Å²) < 4.78 is 0. The van der Waals surface area contributed by atoms with E-state index >= 15 is 0 Å². The number of nitrogens with zero attached hydrogens (tertiary/aromatic N) is 1. The first-order valence-corrected chi connectivity index (χ1v) is 6.37. The fourth-order valence-corrected chi connectivity index (χ4v) is 1.72. The van der Waals surface area contributed by atoms with Gasteiger partial charge in [0.05, 0.1) is 0 Å². The summed E-state index contributed by atoms with van der Waals surface area (Å²) in [5.74, 6) is 0.218. The molecule has 0 spiro atoms. The third-order valence-corrected chi connectivity index (χ3v) is 3.28. The lowest BCUT2D eigenvalue weighted by Gasteiger charge is -2.23. The molecule has 1 aromatic carbocycles. The average Bonchev–Trinajstić information content (AvgIpc) is 2.28. The van der Waals surface area contributed by atoms with Crippen molar-refractivity contribution in [2.75, 3.05) is 20.1 Å². The van der Waals surface area contributed by atoms with Crippen LogP contribution >= 0.6 is 0 Å². The van der Waals surface area contributed by atoms with Crippen LogP contribution < -0.4 is 5.32 Å². The lowest BCUT2D eigenvalue weighted by Crippen LogP contribution is -2.34. The second kappa shape index (κ2) is 6.61. The molecule has 1 unspecified atom stereocenters. The van der Waals surface area contributed by atoms with E-state index in [4.69, 9.17) is 0 Å². The van der Waals surface area contributed by atoms with Crippen LogP contribution in [0.15, 0.2) is 18.2 Å². The maximum Gasteiger partial charge on any atom is 0.124 e. The predicted molar refractivity (Wildman–Crippen MR) is 74.0 cm³/mol. The van der Waals surface area contributed by atoms with Crippen LogP contribution in [0.3, 0.4) is 0 Å². The molecule has 0 amide bonds. The minimum absolute atomic E-state index is 0.0613. The van der Waals surface area contributed by atoms with Crippen molar-refractivity contribution in [3.63, 3.8) is 0 Å². The number of nitrogens with one attached hydrogen (secondary N) is 1. The van der Waals surface area contributed by atoms with E-state index in [0.717, 1.165) is 18.7 Å². The van der Waals surface area contributed by atoms with Gasteiger partial charge < -0.3 is 20.4 Å². The average molecular weight is 252 g/mol. The van der Waals surface area contributed by atoms with E-state index in [1.165, 1.54) is 6.07 Å². The highest BCUT2D eigenvalue weighted by Gasteiger charge is 2.11. The molecule has 3 N–H and O–H groups in total. The van der Waals surface area contributed by atoms with E-state index in [0.29, 0.717) is 6.04 Å². The summed E-state index contributed by atoms with van der Waals surface area (Å²) in [6.45, 7) is 8.14. The number of phenolic OH excluding ortho intramolecular Hbond substituents is 2. The number of benzene rings is 1. The van der Waals surface area contributed by atoms with Gasteiger partial charge in [-0.25, -0.2) is 0 Å². The molecular weight excluding hydrogens is 228 g/mol. The third kappa shape index (κ3) is 4.20. The van der Waals surface area contributed by atoms with Crippen molar-refractivity contribution in [2.45, 2.75) is 32.9 Å². The van der Waals surface area contributed by atoms with Crippen molar-refractivity contribution >= 4 is 0 Å². The Labute approximate surface area is 109 Å². The second-order valence-corrected chi connectivity index (χ2v) is 4.99. The largest absolute Gasteiger partial charge is 0.508 e. The van der Waals surface area contributed by atoms with Gasteiger partial charge in [-0.1, -0.05) is 6.07 Å². The van der Waals surface area contributed by atoms with Gasteiger partial charge in [0.15, 0.2) is 0 Å². The zero-order valence-electron chi connectivity index (χ0n) is 11.6. The fraction of sp³-hybridized carbons (Fsp3) is 0.571. The summed E-state index contributed by atoms with van der Waals surface area (Å²) in [5, 5.41) is 22.4. The molecule has 0 bridgehead atoms. The van der Waals surface area contributed by atoms with Gasteiger partial charge in [-0.3, -0.25) is 0 Å². The van der Waals surface area contributed by atoms with Crippen molar-refractivity contribution in [1.29, 1.82) is 0 Å². The molecule has 0 aromatic heterocycles. The van der Waals surface area contributed by atoms with Crippen LogP contribution in [0.5, 0.6) is 11.5 Å². The van der Waals surface area contributed by atoms with Gasteiger partial charge in [0, 0.05) is 36.8 Å². The van der Waals surface area contributed by atoms with E-state index in [1.807, 2.05) is 6.92 Å². The molecule has 102 valence electrons. The summed E-state index contributed by atoms with van der Waals surface area (Å²) in [7, 11) is 2.09. The predicted octanol–water partition coefficient (Wildman–Crippen LogP) is 2.09. The smallest absolute Gasteiger partial charge is 0.124 e. The minimum Gasteiger partial charge on any atom is -0.508 e. The van der Waals surface area contributed by atoms with Crippen LogP contribution in [0.2, 0.25) is 0 Å². The third-order valence-electron chi connectivity index (χ3n) is 3.28. The number of hydrogen-bond donors (Lipinski definition) is 3. The van der Waals surface area contributed by atoms with Gasteiger partial charge in [-0.15, -0.1) is 0 Å². The Balaban J connectivity index is 2.48. The lowest BCUT2D eigenvalue weighted by molar-refractivity contribution is 0.269. The van der Waals surface area contributed by atoms with Crippen molar-refractivity contribution in [1.82, 2.24) is 10.2 Å². The first-order valence-electron chi connectivity index (χ1n) is 6.37. The van der Waals surface area contributed by atoms with Gasteiger partial charge in [0.2, 0.25) is 0 Å². The van der Waals surface area contributed by atoms with E-state index in [9.17, 15) is 10.2 Å². The van der Waals surface area contributed by atoms with E-state index in [2.05, 4.69) is 31.1 Å². The van der Waals surface area contributed by atoms with Gasteiger partial charge in [0.1, 0.15) is 11.5 Å². The molecule has 1 atom stereocenters. The molecule has 4 heteroatoms. The van der Waals surface area contributed by atoms with E-state index in [1.54, 1.807) is 12.1 Å². The van der Waals surface area contributed by atoms with E-state index < -0.39 is 0 Å². The zero-order valence-corrected chi connectivity index (χ0v) is 11.6. The minimum atomic E-state index is 0.0613. The van der Waals surface area contributed by atoms with Crippen molar-refractivity contribution in [3.8, 4) is 11.5 Å². The molecule has 0 heterocycles. The highest BCUT2D eigenvalue weighted by molar-refractivity contribution is 5.40. The van der Waals surface area contributed by atoms with Gasteiger partial charge >= 0.3 is 0 Å².